The molecule has 1 aliphatic heterocycles. The van der Waals surface area contributed by atoms with Crippen molar-refractivity contribution in [2.24, 2.45) is 5.92 Å². The van der Waals surface area contributed by atoms with E-state index in [0.29, 0.717) is 34.9 Å². The molecule has 0 spiro atoms. The van der Waals surface area contributed by atoms with Crippen molar-refractivity contribution in [2.45, 2.75) is 12.8 Å². The number of rotatable bonds is 6. The third kappa shape index (κ3) is 5.81. The zero-order valence-corrected chi connectivity index (χ0v) is 17.2. The van der Waals surface area contributed by atoms with Gasteiger partial charge in [-0.15, -0.1) is 0 Å². The second-order valence-corrected chi connectivity index (χ2v) is 7.68. The second kappa shape index (κ2) is 10.2. The number of aliphatic hydroxyl groups excluding tert-OH is 1. The van der Waals surface area contributed by atoms with Crippen LogP contribution in [-0.2, 0) is 4.79 Å². The van der Waals surface area contributed by atoms with Crippen LogP contribution in [0.2, 0.25) is 5.02 Å². The fourth-order valence-corrected chi connectivity index (χ4v) is 3.52. The van der Waals surface area contributed by atoms with E-state index in [1.165, 1.54) is 6.07 Å². The molecule has 0 aromatic heterocycles. The van der Waals surface area contributed by atoms with Gasteiger partial charge in [-0.2, -0.15) is 0 Å². The summed E-state index contributed by atoms with van der Waals surface area (Å²) < 4.78 is 0. The van der Waals surface area contributed by atoms with Crippen LogP contribution in [0.25, 0.3) is 0 Å². The molecule has 3 rings (SSSR count). The minimum absolute atomic E-state index is 0.100. The molecule has 2 aromatic carbocycles. The van der Waals surface area contributed by atoms with E-state index < -0.39 is 11.8 Å². The SMILES string of the molecule is O=C(CNC(=O)c1cccc(Cl)c1)Nc1cccc(C(=O)N2CCC(CO)CC2)c1. The first-order valence-electron chi connectivity index (χ1n) is 9.80. The van der Waals surface area contributed by atoms with Crippen LogP contribution < -0.4 is 10.6 Å². The van der Waals surface area contributed by atoms with Crippen molar-refractivity contribution in [1.82, 2.24) is 10.2 Å². The van der Waals surface area contributed by atoms with Crippen LogP contribution in [0.4, 0.5) is 5.69 Å². The number of benzene rings is 2. The Kier molecular flexibility index (Phi) is 7.43. The minimum Gasteiger partial charge on any atom is -0.396 e. The molecular formula is C22H24ClN3O4. The fraction of sp³-hybridized carbons (Fsp3) is 0.318. The molecule has 3 amide bonds. The number of anilines is 1. The number of hydrogen-bond acceptors (Lipinski definition) is 4. The number of aliphatic hydroxyl groups is 1. The number of carbonyl (C=O) groups excluding carboxylic acids is 3. The Hall–Kier alpha value is -2.90. The summed E-state index contributed by atoms with van der Waals surface area (Å²) >= 11 is 5.87. The molecule has 0 radical (unpaired) electrons. The number of nitrogens with zero attached hydrogens (tertiary/aromatic N) is 1. The van der Waals surface area contributed by atoms with Gasteiger partial charge in [0.05, 0.1) is 6.54 Å². The summed E-state index contributed by atoms with van der Waals surface area (Å²) in [6.07, 6.45) is 1.57. The summed E-state index contributed by atoms with van der Waals surface area (Å²) in [4.78, 5) is 38.8. The quantitative estimate of drug-likeness (QED) is 0.657. The van der Waals surface area contributed by atoms with Crippen molar-refractivity contribution in [3.63, 3.8) is 0 Å². The number of amides is 3. The number of likely N-dealkylation sites (tertiary alicyclic amines) is 1. The third-order valence-electron chi connectivity index (χ3n) is 5.05. The van der Waals surface area contributed by atoms with Gasteiger partial charge in [-0.05, 0) is 55.2 Å². The van der Waals surface area contributed by atoms with E-state index >= 15 is 0 Å². The summed E-state index contributed by atoms with van der Waals surface area (Å²) in [6, 6.07) is 13.2. The number of nitrogens with one attached hydrogen (secondary N) is 2. The van der Waals surface area contributed by atoms with Crippen LogP contribution in [-0.4, -0.2) is 54.0 Å². The van der Waals surface area contributed by atoms with E-state index in [4.69, 9.17) is 11.6 Å². The van der Waals surface area contributed by atoms with Gasteiger partial charge in [-0.25, -0.2) is 0 Å². The van der Waals surface area contributed by atoms with Crippen LogP contribution in [0.5, 0.6) is 0 Å². The van der Waals surface area contributed by atoms with Gasteiger partial charge in [-0.3, -0.25) is 14.4 Å². The molecule has 1 fully saturated rings. The molecule has 158 valence electrons. The molecule has 8 heteroatoms. The lowest BCUT2D eigenvalue weighted by atomic mass is 9.97. The average molecular weight is 430 g/mol. The smallest absolute Gasteiger partial charge is 0.253 e. The molecule has 3 N–H and O–H groups in total. The van der Waals surface area contributed by atoms with Gasteiger partial charge in [0.15, 0.2) is 0 Å². The van der Waals surface area contributed by atoms with Gasteiger partial charge in [0.2, 0.25) is 5.91 Å². The Balaban J connectivity index is 1.53. The molecule has 0 unspecified atom stereocenters. The minimum atomic E-state index is -0.404. The Morgan fingerprint density at radius 1 is 1.03 bits per heavy atom. The predicted octanol–water partition coefficient (Wildman–Crippen LogP) is 2.55. The highest BCUT2D eigenvalue weighted by molar-refractivity contribution is 6.31. The first-order valence-corrected chi connectivity index (χ1v) is 10.2. The lowest BCUT2D eigenvalue weighted by molar-refractivity contribution is -0.115. The molecule has 1 aliphatic rings. The van der Waals surface area contributed by atoms with E-state index in [0.717, 1.165) is 12.8 Å². The molecular weight excluding hydrogens is 406 g/mol. The normalized spacial score (nSPS) is 14.3. The van der Waals surface area contributed by atoms with E-state index in [9.17, 15) is 19.5 Å². The van der Waals surface area contributed by atoms with Gasteiger partial charge in [-0.1, -0.05) is 23.7 Å². The predicted molar refractivity (Wildman–Crippen MR) is 115 cm³/mol. The molecule has 1 saturated heterocycles. The van der Waals surface area contributed by atoms with Gasteiger partial charge in [0, 0.05) is 41.5 Å². The summed E-state index contributed by atoms with van der Waals surface area (Å²) in [5.41, 5.74) is 1.33. The average Bonchev–Trinajstić information content (AvgIpc) is 2.77. The molecule has 30 heavy (non-hydrogen) atoms. The van der Waals surface area contributed by atoms with Crippen LogP contribution >= 0.6 is 11.6 Å². The molecule has 2 aromatic rings. The molecule has 7 nitrogen and oxygen atoms in total. The molecule has 0 aliphatic carbocycles. The van der Waals surface area contributed by atoms with Crippen molar-refractivity contribution in [3.05, 3.63) is 64.7 Å². The highest BCUT2D eigenvalue weighted by atomic mass is 35.5. The zero-order valence-electron chi connectivity index (χ0n) is 16.4. The van der Waals surface area contributed by atoms with Crippen molar-refractivity contribution in [1.29, 1.82) is 0 Å². The monoisotopic (exact) mass is 429 g/mol. The first kappa shape index (κ1) is 21.8. The maximum absolute atomic E-state index is 12.7. The van der Waals surface area contributed by atoms with Crippen LogP contribution in [0.15, 0.2) is 48.5 Å². The number of hydrogen-bond donors (Lipinski definition) is 3. The standard InChI is InChI=1S/C22H24ClN3O4/c23-18-5-1-3-16(11-18)21(29)24-13-20(28)25-19-6-2-4-17(12-19)22(30)26-9-7-15(14-27)8-10-26/h1-6,11-12,15,27H,7-10,13-14H2,(H,24,29)(H,25,28). The largest absolute Gasteiger partial charge is 0.396 e. The van der Waals surface area contributed by atoms with Crippen LogP contribution in [0.1, 0.15) is 33.6 Å². The molecule has 0 atom stereocenters. The fourth-order valence-electron chi connectivity index (χ4n) is 3.33. The number of halogens is 1. The summed E-state index contributed by atoms with van der Waals surface area (Å²) in [7, 11) is 0. The molecule has 0 saturated carbocycles. The van der Waals surface area contributed by atoms with E-state index in [-0.39, 0.29) is 25.0 Å². The lowest BCUT2D eigenvalue weighted by Crippen LogP contribution is -2.39. The second-order valence-electron chi connectivity index (χ2n) is 7.24. The molecule has 0 bridgehead atoms. The lowest BCUT2D eigenvalue weighted by Gasteiger charge is -2.31. The number of piperidine rings is 1. The molecule has 1 heterocycles. The summed E-state index contributed by atoms with van der Waals surface area (Å²) in [5.74, 6) is -0.653. The van der Waals surface area contributed by atoms with Crippen LogP contribution in [0, 0.1) is 5.92 Å². The zero-order chi connectivity index (χ0) is 21.5. The summed E-state index contributed by atoms with van der Waals surface area (Å²) in [5, 5.41) is 14.9. The van der Waals surface area contributed by atoms with Gasteiger partial charge in [0.1, 0.15) is 0 Å². The first-order chi connectivity index (χ1) is 14.5. The number of carbonyl (C=O) groups is 3. The van der Waals surface area contributed by atoms with E-state index in [2.05, 4.69) is 10.6 Å². The van der Waals surface area contributed by atoms with Gasteiger partial charge in [0.25, 0.3) is 11.8 Å². The van der Waals surface area contributed by atoms with Crippen molar-refractivity contribution in [3.8, 4) is 0 Å². The Labute approximate surface area is 180 Å². The maximum Gasteiger partial charge on any atom is 0.253 e. The Morgan fingerprint density at radius 3 is 2.43 bits per heavy atom. The van der Waals surface area contributed by atoms with Crippen molar-refractivity contribution < 1.29 is 19.5 Å². The Morgan fingerprint density at radius 2 is 1.73 bits per heavy atom. The van der Waals surface area contributed by atoms with Crippen LogP contribution in [0.3, 0.4) is 0 Å². The highest BCUT2D eigenvalue weighted by Gasteiger charge is 2.23. The van der Waals surface area contributed by atoms with Gasteiger partial charge < -0.3 is 20.6 Å². The summed E-state index contributed by atoms with van der Waals surface area (Å²) in [6.45, 7) is 1.15. The van der Waals surface area contributed by atoms with Crippen molar-refractivity contribution in [2.75, 3.05) is 31.6 Å². The van der Waals surface area contributed by atoms with E-state index in [1.807, 2.05) is 0 Å². The highest BCUT2D eigenvalue weighted by Crippen LogP contribution is 2.20. The van der Waals surface area contributed by atoms with Crippen molar-refractivity contribution >= 4 is 35.0 Å². The maximum atomic E-state index is 12.7. The Bertz CT molecular complexity index is 926. The topological polar surface area (TPSA) is 98.7 Å². The van der Waals surface area contributed by atoms with Gasteiger partial charge >= 0.3 is 0 Å². The van der Waals surface area contributed by atoms with E-state index in [1.54, 1.807) is 47.4 Å². The third-order valence-corrected chi connectivity index (χ3v) is 5.28.